The third-order valence-corrected chi connectivity index (χ3v) is 6.26. The molecule has 3 aromatic rings. The average Bonchev–Trinajstić information content (AvgIpc) is 3.32. The predicted octanol–water partition coefficient (Wildman–Crippen LogP) is 5.96. The Morgan fingerprint density at radius 3 is 2.78 bits per heavy atom. The van der Waals surface area contributed by atoms with Crippen LogP contribution in [0.25, 0.3) is 11.1 Å². The highest BCUT2D eigenvalue weighted by molar-refractivity contribution is 7.08. The lowest BCUT2D eigenvalue weighted by Gasteiger charge is -2.27. The van der Waals surface area contributed by atoms with E-state index >= 15 is 0 Å². The Hall–Kier alpha value is -2.33. The van der Waals surface area contributed by atoms with Crippen molar-refractivity contribution in [1.29, 1.82) is 0 Å². The fraction of sp³-hybridized carbons (Fsp3) is 0.348. The second-order valence-corrected chi connectivity index (χ2v) is 7.99. The number of unbranched alkanes of at least 4 members (excludes halogenated alkanes) is 1. The van der Waals surface area contributed by atoms with Crippen molar-refractivity contribution in [3.63, 3.8) is 0 Å². The highest BCUT2D eigenvalue weighted by Gasteiger charge is 2.36. The number of nitrogens with zero attached hydrogens (tertiary/aromatic N) is 2. The molecular formula is C23H26N2OS. The molecule has 0 saturated carbocycles. The number of benzene rings is 1. The number of ether oxygens (including phenoxy) is 1. The molecule has 0 bridgehead atoms. The van der Waals surface area contributed by atoms with Gasteiger partial charge >= 0.3 is 0 Å². The molecule has 0 saturated heterocycles. The Morgan fingerprint density at radius 1 is 1.15 bits per heavy atom. The van der Waals surface area contributed by atoms with Crippen LogP contribution in [0.2, 0.25) is 0 Å². The normalized spacial score (nSPS) is 18.6. The molecular weight excluding hydrogens is 352 g/mol. The molecule has 2 atom stereocenters. The van der Waals surface area contributed by atoms with E-state index in [0.717, 1.165) is 12.3 Å². The van der Waals surface area contributed by atoms with Gasteiger partial charge in [0.15, 0.2) is 0 Å². The van der Waals surface area contributed by atoms with E-state index in [1.165, 1.54) is 40.8 Å². The first-order valence-electron chi connectivity index (χ1n) is 9.65. The molecule has 2 unspecified atom stereocenters. The van der Waals surface area contributed by atoms with E-state index in [9.17, 15) is 0 Å². The van der Waals surface area contributed by atoms with Crippen LogP contribution in [-0.4, -0.2) is 24.7 Å². The highest BCUT2D eigenvalue weighted by Crippen LogP contribution is 2.46. The van der Waals surface area contributed by atoms with Crippen LogP contribution in [-0.2, 0) is 0 Å². The minimum absolute atomic E-state index is 0.304. The van der Waals surface area contributed by atoms with Gasteiger partial charge in [-0.25, -0.2) is 0 Å². The van der Waals surface area contributed by atoms with Gasteiger partial charge in [0.25, 0.3) is 0 Å². The minimum Gasteiger partial charge on any atom is -0.497 e. The number of pyridine rings is 1. The minimum atomic E-state index is 0.304. The van der Waals surface area contributed by atoms with Gasteiger partial charge in [0.1, 0.15) is 5.75 Å². The topological polar surface area (TPSA) is 25.4 Å². The van der Waals surface area contributed by atoms with E-state index < -0.39 is 0 Å². The molecule has 1 aliphatic heterocycles. The lowest BCUT2D eigenvalue weighted by atomic mass is 9.88. The van der Waals surface area contributed by atoms with Crippen LogP contribution in [0.4, 0.5) is 5.69 Å². The molecule has 0 amide bonds. The molecule has 2 aromatic heterocycles. The first kappa shape index (κ1) is 18.1. The van der Waals surface area contributed by atoms with Crippen molar-refractivity contribution < 1.29 is 4.74 Å². The van der Waals surface area contributed by atoms with E-state index in [4.69, 9.17) is 4.74 Å². The third kappa shape index (κ3) is 3.34. The molecule has 0 N–H and O–H groups in total. The first-order valence-corrected chi connectivity index (χ1v) is 10.6. The van der Waals surface area contributed by atoms with Gasteiger partial charge in [-0.15, -0.1) is 0 Å². The molecule has 140 valence electrons. The van der Waals surface area contributed by atoms with Gasteiger partial charge in [0, 0.05) is 42.1 Å². The second kappa shape index (κ2) is 7.73. The van der Waals surface area contributed by atoms with E-state index in [1.807, 2.05) is 12.4 Å². The molecule has 27 heavy (non-hydrogen) atoms. The SMILES string of the molecule is CCCCN1c2ccc(OC)cc2C(c2cncc(-c3ccsc3)c2)C1C. The zero-order valence-corrected chi connectivity index (χ0v) is 17.0. The summed E-state index contributed by atoms with van der Waals surface area (Å²) in [6.07, 6.45) is 6.40. The van der Waals surface area contributed by atoms with Crippen molar-refractivity contribution in [3.8, 4) is 16.9 Å². The molecule has 3 nitrogen and oxygen atoms in total. The van der Waals surface area contributed by atoms with E-state index in [-0.39, 0.29) is 0 Å². The smallest absolute Gasteiger partial charge is 0.119 e. The molecule has 0 aliphatic carbocycles. The van der Waals surface area contributed by atoms with Crippen molar-refractivity contribution in [2.24, 2.45) is 0 Å². The van der Waals surface area contributed by atoms with Gasteiger partial charge in [-0.05, 0) is 71.1 Å². The molecule has 4 heteroatoms. The van der Waals surface area contributed by atoms with Gasteiger partial charge in [-0.1, -0.05) is 13.3 Å². The van der Waals surface area contributed by atoms with E-state index in [2.05, 4.69) is 64.8 Å². The van der Waals surface area contributed by atoms with Crippen LogP contribution in [0.15, 0.2) is 53.5 Å². The molecule has 1 aromatic carbocycles. The molecule has 0 radical (unpaired) electrons. The molecule has 0 spiro atoms. The Balaban J connectivity index is 1.77. The summed E-state index contributed by atoms with van der Waals surface area (Å²) in [5.41, 5.74) is 6.40. The van der Waals surface area contributed by atoms with Gasteiger partial charge in [0.2, 0.25) is 0 Å². The molecule has 1 aliphatic rings. The van der Waals surface area contributed by atoms with Crippen LogP contribution in [0.1, 0.15) is 43.7 Å². The maximum Gasteiger partial charge on any atom is 0.119 e. The number of rotatable bonds is 6. The van der Waals surface area contributed by atoms with Gasteiger partial charge < -0.3 is 9.64 Å². The Morgan fingerprint density at radius 2 is 2.04 bits per heavy atom. The zero-order valence-electron chi connectivity index (χ0n) is 16.2. The van der Waals surface area contributed by atoms with Crippen LogP contribution < -0.4 is 9.64 Å². The Labute approximate surface area is 165 Å². The van der Waals surface area contributed by atoms with E-state index in [0.29, 0.717) is 12.0 Å². The second-order valence-electron chi connectivity index (χ2n) is 7.21. The largest absolute Gasteiger partial charge is 0.497 e. The van der Waals surface area contributed by atoms with Crippen LogP contribution in [0, 0.1) is 0 Å². The summed E-state index contributed by atoms with van der Waals surface area (Å²) in [4.78, 5) is 7.13. The number of hydrogen-bond donors (Lipinski definition) is 0. The van der Waals surface area contributed by atoms with Crippen molar-refractivity contribution in [2.75, 3.05) is 18.6 Å². The summed E-state index contributed by atoms with van der Waals surface area (Å²) >= 11 is 1.72. The standard InChI is InChI=1S/C23H26N2OS/c1-4-5-9-25-16(2)23(21-12-20(26-3)6-7-22(21)25)19-11-18(13-24-14-19)17-8-10-27-15-17/h6-8,10-16,23H,4-5,9H2,1-3H3. The number of thiophene rings is 1. The summed E-state index contributed by atoms with van der Waals surface area (Å²) in [5.74, 6) is 1.23. The molecule has 3 heterocycles. The predicted molar refractivity (Wildman–Crippen MR) is 114 cm³/mol. The van der Waals surface area contributed by atoms with Crippen LogP contribution in [0.5, 0.6) is 5.75 Å². The maximum atomic E-state index is 5.53. The molecule has 4 rings (SSSR count). The van der Waals surface area contributed by atoms with Crippen molar-refractivity contribution in [1.82, 2.24) is 4.98 Å². The number of hydrogen-bond acceptors (Lipinski definition) is 4. The lowest BCUT2D eigenvalue weighted by molar-refractivity contribution is 0.414. The van der Waals surface area contributed by atoms with Crippen molar-refractivity contribution in [3.05, 3.63) is 64.6 Å². The number of anilines is 1. The quantitative estimate of drug-likeness (QED) is 0.529. The average molecular weight is 379 g/mol. The fourth-order valence-electron chi connectivity index (χ4n) is 4.15. The fourth-order valence-corrected chi connectivity index (χ4v) is 4.82. The number of fused-ring (bicyclic) bond motifs is 1. The van der Waals surface area contributed by atoms with Crippen LogP contribution >= 0.6 is 11.3 Å². The number of aromatic nitrogens is 1. The Kier molecular flexibility index (Phi) is 5.17. The summed E-state index contributed by atoms with van der Waals surface area (Å²) in [6, 6.07) is 11.4. The monoisotopic (exact) mass is 378 g/mol. The summed E-state index contributed by atoms with van der Waals surface area (Å²) in [6.45, 7) is 5.68. The maximum absolute atomic E-state index is 5.53. The van der Waals surface area contributed by atoms with Gasteiger partial charge in [-0.2, -0.15) is 11.3 Å². The van der Waals surface area contributed by atoms with E-state index in [1.54, 1.807) is 18.4 Å². The summed E-state index contributed by atoms with van der Waals surface area (Å²) in [5, 5.41) is 4.30. The van der Waals surface area contributed by atoms with Crippen molar-refractivity contribution >= 4 is 17.0 Å². The summed E-state index contributed by atoms with van der Waals surface area (Å²) < 4.78 is 5.53. The van der Waals surface area contributed by atoms with Gasteiger partial charge in [-0.3, -0.25) is 4.98 Å². The Bertz CT molecular complexity index is 907. The highest BCUT2D eigenvalue weighted by atomic mass is 32.1. The van der Waals surface area contributed by atoms with Crippen molar-refractivity contribution in [2.45, 2.75) is 38.6 Å². The lowest BCUT2D eigenvalue weighted by Crippen LogP contribution is -2.32. The summed E-state index contributed by atoms with van der Waals surface area (Å²) in [7, 11) is 1.74. The first-order chi connectivity index (χ1) is 13.2. The zero-order chi connectivity index (χ0) is 18.8. The van der Waals surface area contributed by atoms with Crippen LogP contribution in [0.3, 0.4) is 0 Å². The molecule has 0 fully saturated rings. The van der Waals surface area contributed by atoms with Gasteiger partial charge in [0.05, 0.1) is 7.11 Å². The third-order valence-electron chi connectivity index (χ3n) is 5.58. The number of methoxy groups -OCH3 is 1.